The van der Waals surface area contributed by atoms with Crippen molar-refractivity contribution in [1.82, 2.24) is 15.1 Å². The molecular formula is C24H24N4O2. The summed E-state index contributed by atoms with van der Waals surface area (Å²) in [6, 6.07) is 17.8. The first kappa shape index (κ1) is 19.8. The number of anilines is 1. The zero-order valence-corrected chi connectivity index (χ0v) is 17.3. The lowest BCUT2D eigenvalue weighted by Crippen LogP contribution is -2.13. The highest BCUT2D eigenvalue weighted by Gasteiger charge is 2.12. The predicted molar refractivity (Wildman–Crippen MR) is 117 cm³/mol. The van der Waals surface area contributed by atoms with Crippen molar-refractivity contribution in [2.45, 2.75) is 39.5 Å². The molecule has 4 aromatic rings. The number of rotatable bonds is 6. The van der Waals surface area contributed by atoms with E-state index in [0.717, 1.165) is 22.2 Å². The molecule has 2 heterocycles. The molecule has 0 saturated carbocycles. The molecule has 0 radical (unpaired) electrons. The highest BCUT2D eigenvalue weighted by Crippen LogP contribution is 2.23. The lowest BCUT2D eigenvalue weighted by atomic mass is 10.0. The Morgan fingerprint density at radius 2 is 1.83 bits per heavy atom. The molecule has 2 aromatic heterocycles. The zero-order chi connectivity index (χ0) is 21.1. The predicted octanol–water partition coefficient (Wildman–Crippen LogP) is 5.29. The Labute approximate surface area is 175 Å². The Morgan fingerprint density at radius 1 is 1.03 bits per heavy atom. The molecule has 0 bridgehead atoms. The highest BCUT2D eigenvalue weighted by molar-refractivity contribution is 6.00. The van der Waals surface area contributed by atoms with Gasteiger partial charge in [0.25, 0.3) is 0 Å². The molecule has 2 aromatic carbocycles. The number of hydrogen-bond donors (Lipinski definition) is 1. The minimum Gasteiger partial charge on any atom is -0.339 e. The van der Waals surface area contributed by atoms with Crippen molar-refractivity contribution >= 4 is 22.5 Å². The number of nitrogens with one attached hydrogen (secondary N) is 1. The zero-order valence-electron chi connectivity index (χ0n) is 17.3. The van der Waals surface area contributed by atoms with Crippen LogP contribution in [0.15, 0.2) is 59.1 Å². The van der Waals surface area contributed by atoms with E-state index in [1.807, 2.05) is 49.4 Å². The SMILES string of the molecule is Cc1ccc2cccc(NC(=O)CCc3nc(-c4ccc(C(C)C)cc4)no3)c2n1. The maximum atomic E-state index is 12.5. The molecular weight excluding hydrogens is 376 g/mol. The molecule has 0 atom stereocenters. The van der Waals surface area contributed by atoms with E-state index < -0.39 is 0 Å². The fourth-order valence-corrected chi connectivity index (χ4v) is 3.27. The van der Waals surface area contributed by atoms with Crippen LogP contribution in [0.1, 0.15) is 43.3 Å². The number of aromatic nitrogens is 3. The van der Waals surface area contributed by atoms with Crippen molar-refractivity contribution in [3.63, 3.8) is 0 Å². The van der Waals surface area contributed by atoms with Gasteiger partial charge in [-0.3, -0.25) is 9.78 Å². The molecule has 0 unspecified atom stereocenters. The maximum Gasteiger partial charge on any atom is 0.227 e. The smallest absolute Gasteiger partial charge is 0.227 e. The van der Waals surface area contributed by atoms with Gasteiger partial charge in [-0.05, 0) is 30.5 Å². The number of carbonyl (C=O) groups is 1. The lowest BCUT2D eigenvalue weighted by molar-refractivity contribution is -0.116. The van der Waals surface area contributed by atoms with Gasteiger partial charge in [0.15, 0.2) is 0 Å². The van der Waals surface area contributed by atoms with E-state index in [1.165, 1.54) is 5.56 Å². The van der Waals surface area contributed by atoms with E-state index >= 15 is 0 Å². The van der Waals surface area contributed by atoms with Crippen LogP contribution >= 0.6 is 0 Å². The van der Waals surface area contributed by atoms with Crippen LogP contribution in [0.3, 0.4) is 0 Å². The number of aryl methyl sites for hydroxylation is 2. The average molecular weight is 400 g/mol. The molecule has 0 spiro atoms. The monoisotopic (exact) mass is 400 g/mol. The number of amides is 1. The second-order valence-corrected chi connectivity index (χ2v) is 7.67. The Kier molecular flexibility index (Phi) is 5.57. The first-order valence-electron chi connectivity index (χ1n) is 10.1. The van der Waals surface area contributed by atoms with Crippen molar-refractivity contribution in [1.29, 1.82) is 0 Å². The molecule has 30 heavy (non-hydrogen) atoms. The Balaban J connectivity index is 1.40. The molecule has 0 saturated heterocycles. The number of fused-ring (bicyclic) bond motifs is 1. The minimum atomic E-state index is -0.119. The van der Waals surface area contributed by atoms with Gasteiger partial charge >= 0.3 is 0 Å². The van der Waals surface area contributed by atoms with Crippen molar-refractivity contribution in [3.8, 4) is 11.4 Å². The normalized spacial score (nSPS) is 11.2. The number of carbonyl (C=O) groups excluding carboxylic acids is 1. The van der Waals surface area contributed by atoms with Gasteiger partial charge in [0.2, 0.25) is 17.6 Å². The summed E-state index contributed by atoms with van der Waals surface area (Å²) in [6.45, 7) is 6.24. The van der Waals surface area contributed by atoms with Gasteiger partial charge in [-0.15, -0.1) is 0 Å². The second kappa shape index (κ2) is 8.45. The van der Waals surface area contributed by atoms with Crippen LogP contribution in [0, 0.1) is 6.92 Å². The summed E-state index contributed by atoms with van der Waals surface area (Å²) in [7, 11) is 0. The van der Waals surface area contributed by atoms with Crippen molar-refractivity contribution in [3.05, 3.63) is 71.7 Å². The molecule has 4 rings (SSSR count). The number of nitrogens with zero attached hydrogens (tertiary/aromatic N) is 3. The first-order valence-corrected chi connectivity index (χ1v) is 10.1. The van der Waals surface area contributed by atoms with Gasteiger partial charge in [0, 0.05) is 29.5 Å². The van der Waals surface area contributed by atoms with E-state index in [0.29, 0.717) is 29.7 Å². The third kappa shape index (κ3) is 4.38. The molecule has 152 valence electrons. The third-order valence-electron chi connectivity index (χ3n) is 5.00. The maximum absolute atomic E-state index is 12.5. The van der Waals surface area contributed by atoms with Gasteiger partial charge in [-0.1, -0.05) is 61.5 Å². The topological polar surface area (TPSA) is 80.9 Å². The summed E-state index contributed by atoms with van der Waals surface area (Å²) in [5, 5.41) is 7.98. The molecule has 6 nitrogen and oxygen atoms in total. The summed E-state index contributed by atoms with van der Waals surface area (Å²) in [5.74, 6) is 1.33. The van der Waals surface area contributed by atoms with Gasteiger partial charge in [0.05, 0.1) is 11.2 Å². The molecule has 1 amide bonds. The van der Waals surface area contributed by atoms with Crippen LogP contribution in [-0.2, 0) is 11.2 Å². The first-order chi connectivity index (χ1) is 14.5. The molecule has 0 aliphatic carbocycles. The number of para-hydroxylation sites is 1. The van der Waals surface area contributed by atoms with E-state index in [-0.39, 0.29) is 12.3 Å². The second-order valence-electron chi connectivity index (χ2n) is 7.67. The third-order valence-corrected chi connectivity index (χ3v) is 5.00. The van der Waals surface area contributed by atoms with Crippen molar-refractivity contribution < 1.29 is 9.32 Å². The number of pyridine rings is 1. The molecule has 0 aliphatic heterocycles. The average Bonchev–Trinajstić information content (AvgIpc) is 3.22. The number of benzene rings is 2. The van der Waals surface area contributed by atoms with Crippen LogP contribution in [0.2, 0.25) is 0 Å². The minimum absolute atomic E-state index is 0.119. The molecule has 1 N–H and O–H groups in total. The van der Waals surface area contributed by atoms with Gasteiger partial charge < -0.3 is 9.84 Å². The van der Waals surface area contributed by atoms with Crippen LogP contribution in [0.4, 0.5) is 5.69 Å². The van der Waals surface area contributed by atoms with Gasteiger partial charge in [-0.25, -0.2) is 0 Å². The Morgan fingerprint density at radius 3 is 2.60 bits per heavy atom. The summed E-state index contributed by atoms with van der Waals surface area (Å²) in [5.41, 5.74) is 4.56. The van der Waals surface area contributed by atoms with Crippen LogP contribution in [0.5, 0.6) is 0 Å². The number of hydrogen-bond acceptors (Lipinski definition) is 5. The Hall–Kier alpha value is -3.54. The largest absolute Gasteiger partial charge is 0.339 e. The van der Waals surface area contributed by atoms with E-state index in [9.17, 15) is 4.79 Å². The fraction of sp³-hybridized carbons (Fsp3) is 0.250. The fourth-order valence-electron chi connectivity index (χ4n) is 3.27. The molecule has 0 aliphatic rings. The van der Waals surface area contributed by atoms with Crippen molar-refractivity contribution in [2.75, 3.05) is 5.32 Å². The Bertz CT molecular complexity index is 1180. The summed E-state index contributed by atoms with van der Waals surface area (Å²) < 4.78 is 5.33. The van der Waals surface area contributed by atoms with Gasteiger partial charge in [0.1, 0.15) is 0 Å². The summed E-state index contributed by atoms with van der Waals surface area (Å²) in [4.78, 5) is 21.4. The van der Waals surface area contributed by atoms with E-state index in [4.69, 9.17) is 4.52 Å². The van der Waals surface area contributed by atoms with Crippen LogP contribution in [-0.4, -0.2) is 21.0 Å². The van der Waals surface area contributed by atoms with Gasteiger partial charge in [-0.2, -0.15) is 4.98 Å². The van der Waals surface area contributed by atoms with E-state index in [2.05, 4.69) is 46.4 Å². The van der Waals surface area contributed by atoms with Crippen molar-refractivity contribution in [2.24, 2.45) is 0 Å². The summed E-state index contributed by atoms with van der Waals surface area (Å²) in [6.07, 6.45) is 0.621. The quantitative estimate of drug-likeness (QED) is 0.476. The molecule has 6 heteroatoms. The standard InChI is InChI=1S/C24H24N4O2/c1-15(2)17-9-11-19(12-10-17)24-27-22(30-28-24)14-13-21(29)26-20-6-4-5-18-8-7-16(3)25-23(18)20/h4-12,15H,13-14H2,1-3H3,(H,26,29). The highest BCUT2D eigenvalue weighted by atomic mass is 16.5. The van der Waals surface area contributed by atoms with Crippen LogP contribution < -0.4 is 5.32 Å². The molecule has 0 fully saturated rings. The van der Waals surface area contributed by atoms with E-state index in [1.54, 1.807) is 0 Å². The summed E-state index contributed by atoms with van der Waals surface area (Å²) >= 11 is 0. The van der Waals surface area contributed by atoms with Crippen LogP contribution in [0.25, 0.3) is 22.3 Å². The lowest BCUT2D eigenvalue weighted by Gasteiger charge is -2.08.